The molecule has 228 valence electrons. The zero-order valence-corrected chi connectivity index (χ0v) is 25.5. The lowest BCUT2D eigenvalue weighted by atomic mass is 10.1. The molecule has 10 nitrogen and oxygen atoms in total. The van der Waals surface area contributed by atoms with Crippen molar-refractivity contribution in [1.29, 1.82) is 0 Å². The molecular formula is C35H38N8O2+2. The molecule has 45 heavy (non-hydrogen) atoms. The quantitative estimate of drug-likeness (QED) is 0.149. The number of aliphatic hydroxyl groups excluding tert-OH is 2. The van der Waals surface area contributed by atoms with Crippen LogP contribution in [0.25, 0.3) is 24.3 Å². The van der Waals surface area contributed by atoms with E-state index in [4.69, 9.17) is 0 Å². The molecule has 5 rings (SSSR count). The number of aromatic nitrogens is 5. The minimum absolute atomic E-state index is 0.107. The van der Waals surface area contributed by atoms with Gasteiger partial charge in [-0.15, -0.1) is 0 Å². The van der Waals surface area contributed by atoms with Gasteiger partial charge in [0.15, 0.2) is 24.8 Å². The first-order chi connectivity index (χ1) is 22.0. The number of rotatable bonds is 13. The summed E-state index contributed by atoms with van der Waals surface area (Å²) in [5.41, 5.74) is 5.97. The molecule has 0 atom stereocenters. The summed E-state index contributed by atoms with van der Waals surface area (Å²) >= 11 is 0. The summed E-state index contributed by atoms with van der Waals surface area (Å²) in [6, 6.07) is 24.1. The number of nitrogens with one attached hydrogen (secondary N) is 2. The predicted molar refractivity (Wildman–Crippen MR) is 179 cm³/mol. The summed E-state index contributed by atoms with van der Waals surface area (Å²) in [6.07, 6.45) is 16.3. The molecule has 0 aliphatic carbocycles. The van der Waals surface area contributed by atoms with Crippen LogP contribution in [0.4, 0.5) is 29.2 Å². The predicted octanol–water partition coefficient (Wildman–Crippen LogP) is 4.14. The molecule has 4 N–H and O–H groups in total. The first-order valence-electron chi connectivity index (χ1n) is 14.7. The molecule has 3 aromatic heterocycles. The van der Waals surface area contributed by atoms with Gasteiger partial charge < -0.3 is 25.7 Å². The van der Waals surface area contributed by atoms with Crippen LogP contribution in [0.1, 0.15) is 22.3 Å². The zero-order chi connectivity index (χ0) is 31.4. The lowest BCUT2D eigenvalue weighted by Gasteiger charge is -2.21. The molecule has 5 aromatic rings. The van der Waals surface area contributed by atoms with Gasteiger partial charge in [-0.2, -0.15) is 15.0 Å². The highest BCUT2D eigenvalue weighted by Gasteiger charge is 2.14. The summed E-state index contributed by atoms with van der Waals surface area (Å²) < 4.78 is 4.00. The number of pyridine rings is 2. The van der Waals surface area contributed by atoms with E-state index in [-0.39, 0.29) is 26.3 Å². The number of hydrogen-bond donors (Lipinski definition) is 4. The molecule has 3 heterocycles. The Balaban J connectivity index is 1.32. The highest BCUT2D eigenvalue weighted by molar-refractivity contribution is 5.72. The number of anilines is 5. The summed E-state index contributed by atoms with van der Waals surface area (Å²) in [4.78, 5) is 15.5. The second-order valence-corrected chi connectivity index (χ2v) is 10.5. The van der Waals surface area contributed by atoms with Crippen LogP contribution in [0.2, 0.25) is 0 Å². The third-order valence-corrected chi connectivity index (χ3v) is 6.92. The fourth-order valence-electron chi connectivity index (χ4n) is 4.42. The van der Waals surface area contributed by atoms with E-state index < -0.39 is 0 Å². The molecule has 0 aliphatic rings. The number of aryl methyl sites for hydroxylation is 2. The molecule has 0 amide bonds. The smallest absolute Gasteiger partial charge is 0.233 e. The molecule has 2 aromatic carbocycles. The van der Waals surface area contributed by atoms with Crippen molar-refractivity contribution in [3.05, 3.63) is 120 Å². The largest absolute Gasteiger partial charge is 0.395 e. The van der Waals surface area contributed by atoms with Crippen molar-refractivity contribution in [1.82, 2.24) is 15.0 Å². The molecular weight excluding hydrogens is 564 g/mol. The summed E-state index contributed by atoms with van der Waals surface area (Å²) in [5.74, 6) is 1.00. The lowest BCUT2D eigenvalue weighted by Crippen LogP contribution is -2.31. The van der Waals surface area contributed by atoms with Gasteiger partial charge in [0, 0.05) is 48.7 Å². The Morgan fingerprint density at radius 3 is 1.27 bits per heavy atom. The first kappa shape index (κ1) is 31.0. The first-order valence-corrected chi connectivity index (χ1v) is 14.7. The molecule has 0 aliphatic heterocycles. The molecule has 0 saturated carbocycles. The third kappa shape index (κ3) is 9.27. The molecule has 0 bridgehead atoms. The Bertz CT molecular complexity index is 1600. The van der Waals surface area contributed by atoms with Gasteiger partial charge in [-0.1, -0.05) is 48.6 Å². The fourth-order valence-corrected chi connectivity index (χ4v) is 4.42. The average Bonchev–Trinajstić information content (AvgIpc) is 3.05. The van der Waals surface area contributed by atoms with Gasteiger partial charge in [0.25, 0.3) is 0 Å². The topological polar surface area (TPSA) is 114 Å². The lowest BCUT2D eigenvalue weighted by molar-refractivity contribution is -0.671. The summed E-state index contributed by atoms with van der Waals surface area (Å²) in [6.45, 7) is 0.323. The van der Waals surface area contributed by atoms with Gasteiger partial charge in [0.2, 0.25) is 17.8 Å². The van der Waals surface area contributed by atoms with E-state index in [1.165, 1.54) is 0 Å². The van der Waals surface area contributed by atoms with Gasteiger partial charge in [-0.05, 0) is 46.5 Å². The number of aliphatic hydroxyl groups is 2. The van der Waals surface area contributed by atoms with Crippen LogP contribution < -0.4 is 24.7 Å². The standard InChI is InChI=1S/C35H36N8O2/c1-41-19-15-29(16-20-41)5-3-27-7-11-31(12-8-27)36-33-38-34(40-35(39-33)43(23-25-44)24-26-45)37-32-13-9-28(10-14-32)4-6-30-17-21-42(2)22-18-30/h3-22,44-45H,23-26H2,1-2H3/p+2. The van der Waals surface area contributed by atoms with E-state index >= 15 is 0 Å². The normalized spacial score (nSPS) is 11.3. The van der Waals surface area contributed by atoms with E-state index in [2.05, 4.69) is 74.2 Å². The van der Waals surface area contributed by atoms with Crippen molar-refractivity contribution in [3.63, 3.8) is 0 Å². The van der Waals surface area contributed by atoms with Crippen molar-refractivity contribution < 1.29 is 19.3 Å². The number of benzene rings is 2. The molecule has 10 heteroatoms. The zero-order valence-electron chi connectivity index (χ0n) is 25.5. The van der Waals surface area contributed by atoms with Crippen LogP contribution >= 0.6 is 0 Å². The van der Waals surface area contributed by atoms with Crippen molar-refractivity contribution in [2.24, 2.45) is 14.1 Å². The fraction of sp³-hybridized carbons (Fsp3) is 0.171. The minimum Gasteiger partial charge on any atom is -0.395 e. The Morgan fingerprint density at radius 1 is 0.556 bits per heavy atom. The van der Waals surface area contributed by atoms with Crippen LogP contribution in [-0.4, -0.2) is 51.5 Å². The Hall–Kier alpha value is -5.45. The van der Waals surface area contributed by atoms with Crippen LogP contribution in [0, 0.1) is 0 Å². The van der Waals surface area contributed by atoms with Gasteiger partial charge >= 0.3 is 0 Å². The Kier molecular flexibility index (Phi) is 10.6. The number of hydrogen-bond acceptors (Lipinski definition) is 8. The van der Waals surface area contributed by atoms with Crippen LogP contribution in [-0.2, 0) is 14.1 Å². The Morgan fingerprint density at radius 2 is 0.911 bits per heavy atom. The van der Waals surface area contributed by atoms with Gasteiger partial charge in [-0.25, -0.2) is 9.13 Å². The third-order valence-electron chi connectivity index (χ3n) is 6.92. The highest BCUT2D eigenvalue weighted by Crippen LogP contribution is 2.22. The SMILES string of the molecule is C[n+]1ccc(C=Cc2ccc(Nc3nc(Nc4ccc(C=Cc5cc[n+](C)cc5)cc4)nc(N(CCO)CCO)n3)cc2)cc1. The van der Waals surface area contributed by atoms with E-state index in [0.29, 0.717) is 17.8 Å². The summed E-state index contributed by atoms with van der Waals surface area (Å²) in [5, 5.41) is 25.7. The highest BCUT2D eigenvalue weighted by atomic mass is 16.3. The van der Waals surface area contributed by atoms with Crippen molar-refractivity contribution in [3.8, 4) is 0 Å². The van der Waals surface area contributed by atoms with E-state index in [9.17, 15) is 10.2 Å². The van der Waals surface area contributed by atoms with E-state index in [0.717, 1.165) is 33.6 Å². The van der Waals surface area contributed by atoms with Crippen LogP contribution in [0.5, 0.6) is 0 Å². The second kappa shape index (κ2) is 15.3. The maximum atomic E-state index is 9.60. The molecule has 0 unspecified atom stereocenters. The van der Waals surface area contributed by atoms with Gasteiger partial charge in [-0.3, -0.25) is 0 Å². The maximum Gasteiger partial charge on any atom is 0.233 e. The Labute approximate surface area is 263 Å². The maximum absolute atomic E-state index is 9.60. The summed E-state index contributed by atoms with van der Waals surface area (Å²) in [7, 11) is 3.99. The van der Waals surface area contributed by atoms with Gasteiger partial charge in [0.1, 0.15) is 14.1 Å². The van der Waals surface area contributed by atoms with Crippen molar-refractivity contribution >= 4 is 53.5 Å². The molecule has 0 radical (unpaired) electrons. The number of nitrogens with zero attached hydrogens (tertiary/aromatic N) is 6. The monoisotopic (exact) mass is 602 g/mol. The van der Waals surface area contributed by atoms with Crippen molar-refractivity contribution in [2.75, 3.05) is 41.8 Å². The van der Waals surface area contributed by atoms with Crippen LogP contribution in [0.15, 0.2) is 97.6 Å². The van der Waals surface area contributed by atoms with E-state index in [1.54, 1.807) is 4.90 Å². The van der Waals surface area contributed by atoms with Crippen LogP contribution in [0.3, 0.4) is 0 Å². The van der Waals surface area contributed by atoms with E-state index in [1.807, 2.05) is 96.5 Å². The average molecular weight is 603 g/mol. The second-order valence-electron chi connectivity index (χ2n) is 10.5. The molecule has 0 spiro atoms. The minimum atomic E-state index is -0.107. The molecule has 0 fully saturated rings. The molecule has 0 saturated heterocycles. The van der Waals surface area contributed by atoms with Crippen molar-refractivity contribution in [2.45, 2.75) is 0 Å². The van der Waals surface area contributed by atoms with Gasteiger partial charge in [0.05, 0.1) is 13.2 Å².